The number of carboxylic acid groups (broad SMARTS) is 1. The van der Waals surface area contributed by atoms with E-state index in [9.17, 15) is 13.2 Å². The molecule has 1 saturated carbocycles. The highest BCUT2D eigenvalue weighted by Gasteiger charge is 2.51. The monoisotopic (exact) mass is 219 g/mol. The van der Waals surface area contributed by atoms with Gasteiger partial charge in [-0.2, -0.15) is 4.31 Å². The molecule has 0 aromatic carbocycles. The third-order valence-corrected chi connectivity index (χ3v) is 4.80. The Labute approximate surface area is 82.8 Å². The molecule has 1 aliphatic carbocycles. The van der Waals surface area contributed by atoms with Gasteiger partial charge in [0.1, 0.15) is 0 Å². The van der Waals surface area contributed by atoms with Crippen molar-refractivity contribution in [1.82, 2.24) is 4.31 Å². The van der Waals surface area contributed by atoms with Gasteiger partial charge in [0.15, 0.2) is 0 Å². The van der Waals surface area contributed by atoms with E-state index in [1.165, 1.54) is 4.31 Å². The van der Waals surface area contributed by atoms with E-state index in [4.69, 9.17) is 5.11 Å². The third-order valence-electron chi connectivity index (χ3n) is 2.83. The molecule has 2 rings (SSSR count). The number of nitrogens with zero attached hydrogens (tertiary/aromatic N) is 1. The molecule has 0 bridgehead atoms. The zero-order valence-electron chi connectivity index (χ0n) is 7.72. The van der Waals surface area contributed by atoms with Crippen molar-refractivity contribution in [3.8, 4) is 0 Å². The first-order chi connectivity index (χ1) is 6.52. The topological polar surface area (TPSA) is 74.7 Å². The summed E-state index contributed by atoms with van der Waals surface area (Å²) >= 11 is 0. The maximum Gasteiger partial charge on any atom is 0.308 e. The van der Waals surface area contributed by atoms with Crippen LogP contribution in [0.3, 0.4) is 0 Å². The lowest BCUT2D eigenvalue weighted by atomic mass is 10.3. The molecule has 0 spiro atoms. The Hall–Kier alpha value is -0.620. The van der Waals surface area contributed by atoms with Crippen LogP contribution in [0.5, 0.6) is 0 Å². The largest absolute Gasteiger partial charge is 0.481 e. The smallest absolute Gasteiger partial charge is 0.308 e. The van der Waals surface area contributed by atoms with Crippen molar-refractivity contribution < 1.29 is 18.3 Å². The number of rotatable bonds is 2. The Morgan fingerprint density at radius 1 is 1.36 bits per heavy atom. The normalized spacial score (nSPS) is 36.6. The van der Waals surface area contributed by atoms with E-state index in [1.54, 1.807) is 0 Å². The van der Waals surface area contributed by atoms with Crippen molar-refractivity contribution in [2.45, 2.75) is 25.3 Å². The van der Waals surface area contributed by atoms with Gasteiger partial charge in [0, 0.05) is 12.6 Å². The maximum absolute atomic E-state index is 11.6. The summed E-state index contributed by atoms with van der Waals surface area (Å²) in [5.74, 6) is -1.17. The van der Waals surface area contributed by atoms with Crippen LogP contribution in [-0.4, -0.2) is 42.1 Å². The van der Waals surface area contributed by atoms with Gasteiger partial charge < -0.3 is 5.11 Å². The molecule has 1 heterocycles. The highest BCUT2D eigenvalue weighted by molar-refractivity contribution is 7.89. The number of aliphatic carboxylic acids is 1. The summed E-state index contributed by atoms with van der Waals surface area (Å²) in [7, 11) is -3.16. The van der Waals surface area contributed by atoms with Crippen LogP contribution in [0.25, 0.3) is 0 Å². The van der Waals surface area contributed by atoms with Crippen LogP contribution in [0.1, 0.15) is 19.3 Å². The van der Waals surface area contributed by atoms with Crippen molar-refractivity contribution in [1.29, 1.82) is 0 Å². The van der Waals surface area contributed by atoms with E-state index in [2.05, 4.69) is 0 Å². The molecule has 1 aliphatic heterocycles. The van der Waals surface area contributed by atoms with Crippen LogP contribution in [-0.2, 0) is 14.8 Å². The van der Waals surface area contributed by atoms with Crippen molar-refractivity contribution >= 4 is 16.0 Å². The van der Waals surface area contributed by atoms with Gasteiger partial charge in [-0.1, -0.05) is 0 Å². The molecule has 2 aliphatic rings. The zero-order chi connectivity index (χ0) is 10.3. The lowest BCUT2D eigenvalue weighted by Crippen LogP contribution is -2.40. The Bertz CT molecular complexity index is 350. The van der Waals surface area contributed by atoms with E-state index in [-0.39, 0.29) is 11.8 Å². The van der Waals surface area contributed by atoms with Crippen LogP contribution < -0.4 is 0 Å². The lowest BCUT2D eigenvalue weighted by molar-refractivity contribution is -0.138. The van der Waals surface area contributed by atoms with E-state index in [1.807, 2.05) is 0 Å². The minimum atomic E-state index is -3.16. The summed E-state index contributed by atoms with van der Waals surface area (Å²) in [5.41, 5.74) is 0. The van der Waals surface area contributed by atoms with Gasteiger partial charge in [-0.05, 0) is 19.3 Å². The molecule has 5 nitrogen and oxygen atoms in total. The zero-order valence-corrected chi connectivity index (χ0v) is 8.53. The Balaban J connectivity index is 2.08. The highest BCUT2D eigenvalue weighted by Crippen LogP contribution is 2.38. The van der Waals surface area contributed by atoms with Gasteiger partial charge >= 0.3 is 5.97 Å². The molecular formula is C8H13NO4S. The second-order valence-corrected chi connectivity index (χ2v) is 5.92. The summed E-state index contributed by atoms with van der Waals surface area (Å²) in [6, 6.07) is -0.266. The lowest BCUT2D eigenvalue weighted by Gasteiger charge is -2.26. The van der Waals surface area contributed by atoms with Crippen LogP contribution in [0.2, 0.25) is 0 Å². The Kier molecular flexibility index (Phi) is 2.27. The highest BCUT2D eigenvalue weighted by atomic mass is 32.2. The number of carboxylic acids is 1. The first kappa shape index (κ1) is 9.92. The summed E-state index contributed by atoms with van der Waals surface area (Å²) in [6.07, 6.45) is 2.03. The third kappa shape index (κ3) is 1.64. The van der Waals surface area contributed by atoms with E-state index in [0.29, 0.717) is 19.4 Å². The molecule has 2 fully saturated rings. The minimum absolute atomic E-state index is 0.176. The van der Waals surface area contributed by atoms with E-state index >= 15 is 0 Å². The molecule has 0 aromatic heterocycles. The minimum Gasteiger partial charge on any atom is -0.481 e. The standard InChI is InChI=1S/C8H13NO4S/c10-8(11)6-5-7(6)9-3-1-2-4-14(9,12)13/h6-7H,1-5H2,(H,10,11). The molecule has 14 heavy (non-hydrogen) atoms. The first-order valence-corrected chi connectivity index (χ1v) is 6.35. The van der Waals surface area contributed by atoms with Gasteiger partial charge in [-0.25, -0.2) is 8.42 Å². The van der Waals surface area contributed by atoms with Crippen molar-refractivity contribution in [2.24, 2.45) is 5.92 Å². The van der Waals surface area contributed by atoms with Gasteiger partial charge in [-0.3, -0.25) is 4.79 Å². The maximum atomic E-state index is 11.6. The fourth-order valence-electron chi connectivity index (χ4n) is 1.95. The van der Waals surface area contributed by atoms with Crippen LogP contribution in [0, 0.1) is 5.92 Å². The number of carbonyl (C=O) groups is 1. The molecule has 6 heteroatoms. The average molecular weight is 219 g/mol. The first-order valence-electron chi connectivity index (χ1n) is 4.75. The fraction of sp³-hybridized carbons (Fsp3) is 0.875. The number of sulfonamides is 1. The molecule has 80 valence electrons. The molecule has 2 atom stereocenters. The molecule has 0 aromatic rings. The van der Waals surface area contributed by atoms with Gasteiger partial charge in [0.05, 0.1) is 11.7 Å². The average Bonchev–Trinajstić information content (AvgIpc) is 2.82. The predicted octanol–water partition coefficient (Wildman–Crippen LogP) is -0.115. The van der Waals surface area contributed by atoms with Crippen LogP contribution >= 0.6 is 0 Å². The van der Waals surface area contributed by atoms with Gasteiger partial charge in [0.2, 0.25) is 10.0 Å². The van der Waals surface area contributed by atoms with E-state index < -0.39 is 21.9 Å². The molecule has 2 unspecified atom stereocenters. The molecule has 1 saturated heterocycles. The van der Waals surface area contributed by atoms with Crippen molar-refractivity contribution in [3.63, 3.8) is 0 Å². The quantitative estimate of drug-likeness (QED) is 0.703. The van der Waals surface area contributed by atoms with Crippen molar-refractivity contribution in [2.75, 3.05) is 12.3 Å². The molecule has 0 radical (unpaired) electrons. The summed E-state index contributed by atoms with van der Waals surface area (Å²) in [6.45, 7) is 0.497. The van der Waals surface area contributed by atoms with Crippen molar-refractivity contribution in [3.05, 3.63) is 0 Å². The Morgan fingerprint density at radius 3 is 2.57 bits per heavy atom. The number of hydrogen-bond acceptors (Lipinski definition) is 3. The summed E-state index contributed by atoms with van der Waals surface area (Å²) < 4.78 is 24.5. The second kappa shape index (κ2) is 3.20. The van der Waals surface area contributed by atoms with E-state index in [0.717, 1.165) is 6.42 Å². The van der Waals surface area contributed by atoms with Gasteiger partial charge in [0.25, 0.3) is 0 Å². The number of hydrogen-bond donors (Lipinski definition) is 1. The Morgan fingerprint density at radius 2 is 2.07 bits per heavy atom. The predicted molar refractivity (Wildman–Crippen MR) is 49.3 cm³/mol. The van der Waals surface area contributed by atoms with Crippen LogP contribution in [0.4, 0.5) is 0 Å². The fourth-order valence-corrected chi connectivity index (χ4v) is 3.80. The second-order valence-electron chi connectivity index (χ2n) is 3.88. The van der Waals surface area contributed by atoms with Crippen LogP contribution in [0.15, 0.2) is 0 Å². The molecule has 0 amide bonds. The van der Waals surface area contributed by atoms with Gasteiger partial charge in [-0.15, -0.1) is 0 Å². The SMILES string of the molecule is O=C(O)C1CC1N1CCCCS1(=O)=O. The summed E-state index contributed by atoms with van der Waals surface area (Å²) in [5, 5.41) is 8.70. The molecule has 1 N–H and O–H groups in total. The summed E-state index contributed by atoms with van der Waals surface area (Å²) in [4.78, 5) is 10.6. The molecular weight excluding hydrogens is 206 g/mol.